The van der Waals surface area contributed by atoms with Crippen LogP contribution in [0.4, 0.5) is 0 Å². The molecule has 1 rings (SSSR count). The molecule has 0 aromatic carbocycles. The number of rotatable bonds is 2. The molecule has 0 bridgehead atoms. The zero-order chi connectivity index (χ0) is 7.56. The summed E-state index contributed by atoms with van der Waals surface area (Å²) in [6.45, 7) is 5.38. The van der Waals surface area contributed by atoms with Gasteiger partial charge >= 0.3 is 0 Å². The van der Waals surface area contributed by atoms with Crippen LogP contribution >= 0.6 is 11.3 Å². The maximum absolute atomic E-state index is 10.9. The second kappa shape index (κ2) is 2.80. The molecule has 0 unspecified atom stereocenters. The van der Waals surface area contributed by atoms with E-state index in [1.165, 1.54) is 6.08 Å². The Morgan fingerprint density at radius 3 is 2.90 bits per heavy atom. The van der Waals surface area contributed by atoms with E-state index < -0.39 is 0 Å². The van der Waals surface area contributed by atoms with E-state index in [9.17, 15) is 4.79 Å². The number of aryl methyl sites for hydroxylation is 1. The molecule has 2 heteroatoms. The summed E-state index contributed by atoms with van der Waals surface area (Å²) in [5.74, 6) is 0.00403. The molecule has 0 N–H and O–H groups in total. The average molecular weight is 152 g/mol. The molecule has 0 aliphatic rings. The minimum atomic E-state index is 0.00403. The summed E-state index contributed by atoms with van der Waals surface area (Å²) in [7, 11) is 0. The number of ketones is 1. The zero-order valence-electron chi connectivity index (χ0n) is 5.76. The standard InChI is InChI=1S/C8H8OS/c1-3-8(9)7-4-6(2)10-5-7/h3-5H,1H2,2H3. The fourth-order valence-corrected chi connectivity index (χ4v) is 1.38. The monoisotopic (exact) mass is 152 g/mol. The first-order chi connectivity index (χ1) is 4.74. The maximum Gasteiger partial charge on any atom is 0.186 e. The average Bonchev–Trinajstić information content (AvgIpc) is 2.34. The van der Waals surface area contributed by atoms with Crippen molar-refractivity contribution in [2.75, 3.05) is 0 Å². The lowest BCUT2D eigenvalue weighted by Gasteiger charge is -1.83. The molecule has 0 aliphatic carbocycles. The SMILES string of the molecule is C=CC(=O)c1csc(C)c1. The molecule has 0 saturated carbocycles. The van der Waals surface area contributed by atoms with Gasteiger partial charge in [0, 0.05) is 15.8 Å². The van der Waals surface area contributed by atoms with E-state index in [1.807, 2.05) is 18.4 Å². The molecule has 1 aromatic rings. The smallest absolute Gasteiger partial charge is 0.186 e. The van der Waals surface area contributed by atoms with Gasteiger partial charge in [-0.05, 0) is 19.1 Å². The van der Waals surface area contributed by atoms with Crippen molar-refractivity contribution in [3.05, 3.63) is 34.5 Å². The number of thiophene rings is 1. The predicted molar refractivity (Wildman–Crippen MR) is 43.6 cm³/mol. The lowest BCUT2D eigenvalue weighted by Crippen LogP contribution is -1.88. The molecule has 0 atom stereocenters. The van der Waals surface area contributed by atoms with Crippen LogP contribution in [0, 0.1) is 6.92 Å². The molecule has 1 nitrogen and oxygen atoms in total. The Kier molecular flexibility index (Phi) is 2.02. The van der Waals surface area contributed by atoms with Crippen LogP contribution < -0.4 is 0 Å². The fraction of sp³-hybridized carbons (Fsp3) is 0.125. The first-order valence-corrected chi connectivity index (χ1v) is 3.84. The van der Waals surface area contributed by atoms with Crippen LogP contribution in [0.2, 0.25) is 0 Å². The van der Waals surface area contributed by atoms with E-state index in [1.54, 1.807) is 11.3 Å². The van der Waals surface area contributed by atoms with Crippen LogP contribution in [0.15, 0.2) is 24.1 Å². The summed E-state index contributed by atoms with van der Waals surface area (Å²) in [4.78, 5) is 12.1. The molecule has 0 spiro atoms. The number of carbonyl (C=O) groups excluding carboxylic acids is 1. The molecular formula is C8H8OS. The van der Waals surface area contributed by atoms with Crippen LogP contribution in [0.25, 0.3) is 0 Å². The third-order valence-corrected chi connectivity index (χ3v) is 2.06. The van der Waals surface area contributed by atoms with Crippen molar-refractivity contribution >= 4 is 17.1 Å². The van der Waals surface area contributed by atoms with Crippen molar-refractivity contribution in [3.63, 3.8) is 0 Å². The Balaban J connectivity index is 2.95. The van der Waals surface area contributed by atoms with Crippen LogP contribution in [0.5, 0.6) is 0 Å². The molecule has 0 saturated heterocycles. The first kappa shape index (κ1) is 7.22. The molecule has 10 heavy (non-hydrogen) atoms. The first-order valence-electron chi connectivity index (χ1n) is 2.96. The highest BCUT2D eigenvalue weighted by atomic mass is 32.1. The van der Waals surface area contributed by atoms with Gasteiger partial charge < -0.3 is 0 Å². The third kappa shape index (κ3) is 1.33. The van der Waals surface area contributed by atoms with Crippen LogP contribution in [0.3, 0.4) is 0 Å². The van der Waals surface area contributed by atoms with Gasteiger partial charge in [0.25, 0.3) is 0 Å². The number of allylic oxidation sites excluding steroid dienone is 1. The van der Waals surface area contributed by atoms with E-state index in [2.05, 4.69) is 6.58 Å². The maximum atomic E-state index is 10.9. The van der Waals surface area contributed by atoms with Crippen molar-refractivity contribution in [1.82, 2.24) is 0 Å². The van der Waals surface area contributed by atoms with E-state index in [0.29, 0.717) is 0 Å². The fourth-order valence-electron chi connectivity index (χ4n) is 0.691. The molecule has 0 amide bonds. The van der Waals surface area contributed by atoms with Gasteiger partial charge in [0.1, 0.15) is 0 Å². The summed E-state index contributed by atoms with van der Waals surface area (Å²) < 4.78 is 0. The highest BCUT2D eigenvalue weighted by Crippen LogP contribution is 2.13. The summed E-state index contributed by atoms with van der Waals surface area (Å²) in [5.41, 5.74) is 0.748. The summed E-state index contributed by atoms with van der Waals surface area (Å²) in [6.07, 6.45) is 1.33. The van der Waals surface area contributed by atoms with E-state index in [-0.39, 0.29) is 5.78 Å². The molecular weight excluding hydrogens is 144 g/mol. The van der Waals surface area contributed by atoms with Crippen molar-refractivity contribution in [3.8, 4) is 0 Å². The quantitative estimate of drug-likeness (QED) is 0.470. The number of hydrogen-bond acceptors (Lipinski definition) is 2. The second-order valence-electron chi connectivity index (χ2n) is 2.01. The van der Waals surface area contributed by atoms with Gasteiger partial charge in [-0.2, -0.15) is 0 Å². The molecule has 1 aromatic heterocycles. The minimum Gasteiger partial charge on any atom is -0.289 e. The van der Waals surface area contributed by atoms with Gasteiger partial charge in [0.05, 0.1) is 0 Å². The number of carbonyl (C=O) groups is 1. The normalized spacial score (nSPS) is 9.30. The predicted octanol–water partition coefficient (Wildman–Crippen LogP) is 2.43. The summed E-state index contributed by atoms with van der Waals surface area (Å²) >= 11 is 1.58. The van der Waals surface area contributed by atoms with Crippen LogP contribution in [-0.4, -0.2) is 5.78 Å². The molecule has 52 valence electrons. The Morgan fingerprint density at radius 2 is 2.50 bits per heavy atom. The van der Waals surface area contributed by atoms with Gasteiger partial charge in [-0.1, -0.05) is 6.58 Å². The highest BCUT2D eigenvalue weighted by molar-refractivity contribution is 7.10. The molecule has 1 heterocycles. The lowest BCUT2D eigenvalue weighted by molar-refractivity contribution is 0.104. The van der Waals surface area contributed by atoms with Crippen LogP contribution in [-0.2, 0) is 0 Å². The topological polar surface area (TPSA) is 17.1 Å². The van der Waals surface area contributed by atoms with Crippen molar-refractivity contribution in [2.45, 2.75) is 6.92 Å². The minimum absolute atomic E-state index is 0.00403. The second-order valence-corrected chi connectivity index (χ2v) is 3.13. The molecule has 0 radical (unpaired) electrons. The Morgan fingerprint density at radius 1 is 1.80 bits per heavy atom. The van der Waals surface area contributed by atoms with Crippen molar-refractivity contribution < 1.29 is 4.79 Å². The van der Waals surface area contributed by atoms with E-state index in [4.69, 9.17) is 0 Å². The van der Waals surface area contributed by atoms with Crippen LogP contribution in [0.1, 0.15) is 15.2 Å². The van der Waals surface area contributed by atoms with Gasteiger partial charge in [0.2, 0.25) is 0 Å². The Hall–Kier alpha value is -0.890. The summed E-state index contributed by atoms with van der Waals surface area (Å²) in [5, 5.41) is 1.85. The lowest BCUT2D eigenvalue weighted by atomic mass is 10.2. The Bertz CT molecular complexity index is 260. The van der Waals surface area contributed by atoms with Gasteiger partial charge in [-0.25, -0.2) is 0 Å². The van der Waals surface area contributed by atoms with Gasteiger partial charge in [-0.3, -0.25) is 4.79 Å². The largest absolute Gasteiger partial charge is 0.289 e. The van der Waals surface area contributed by atoms with Gasteiger partial charge in [-0.15, -0.1) is 11.3 Å². The van der Waals surface area contributed by atoms with E-state index in [0.717, 1.165) is 10.4 Å². The highest BCUT2D eigenvalue weighted by Gasteiger charge is 2.01. The molecule has 0 aliphatic heterocycles. The van der Waals surface area contributed by atoms with E-state index >= 15 is 0 Å². The third-order valence-electron chi connectivity index (χ3n) is 1.20. The number of hydrogen-bond donors (Lipinski definition) is 0. The Labute approximate surface area is 64.0 Å². The van der Waals surface area contributed by atoms with Crippen molar-refractivity contribution in [2.24, 2.45) is 0 Å². The summed E-state index contributed by atoms with van der Waals surface area (Å²) in [6, 6.07) is 1.87. The zero-order valence-corrected chi connectivity index (χ0v) is 6.57. The van der Waals surface area contributed by atoms with Crippen molar-refractivity contribution in [1.29, 1.82) is 0 Å². The van der Waals surface area contributed by atoms with Gasteiger partial charge in [0.15, 0.2) is 5.78 Å². The molecule has 0 fully saturated rings.